The zero-order valence-corrected chi connectivity index (χ0v) is 11.2. The minimum Gasteiger partial charge on any atom is -0.478 e. The summed E-state index contributed by atoms with van der Waals surface area (Å²) in [6, 6.07) is 5.83. The van der Waals surface area contributed by atoms with Crippen molar-refractivity contribution in [3.8, 4) is 0 Å². The number of hydrogen-bond acceptors (Lipinski definition) is 4. The topological polar surface area (TPSA) is 75.4 Å². The Bertz CT molecular complexity index is 580. The molecule has 0 atom stereocenters. The SMILES string of the molecule is Cc1ccc(Br)cc1NCc1oncc1C(=O)O. The fourth-order valence-electron chi connectivity index (χ4n) is 1.53. The largest absolute Gasteiger partial charge is 0.478 e. The monoisotopic (exact) mass is 310 g/mol. The van der Waals surface area contributed by atoms with Crippen molar-refractivity contribution in [2.75, 3.05) is 5.32 Å². The predicted octanol–water partition coefficient (Wildman–Crippen LogP) is 3.06. The van der Waals surface area contributed by atoms with Gasteiger partial charge in [-0.05, 0) is 24.6 Å². The summed E-state index contributed by atoms with van der Waals surface area (Å²) >= 11 is 3.38. The summed E-state index contributed by atoms with van der Waals surface area (Å²) in [6.07, 6.45) is 1.20. The molecule has 2 N–H and O–H groups in total. The van der Waals surface area contributed by atoms with Crippen molar-refractivity contribution in [3.63, 3.8) is 0 Å². The molecule has 0 aliphatic heterocycles. The lowest BCUT2D eigenvalue weighted by atomic mass is 10.2. The van der Waals surface area contributed by atoms with E-state index in [9.17, 15) is 4.79 Å². The van der Waals surface area contributed by atoms with Gasteiger partial charge in [-0.1, -0.05) is 27.2 Å². The molecule has 0 radical (unpaired) electrons. The summed E-state index contributed by atoms with van der Waals surface area (Å²) in [6.45, 7) is 2.24. The molecule has 0 spiro atoms. The Morgan fingerprint density at radius 2 is 2.33 bits per heavy atom. The molecule has 0 unspecified atom stereocenters. The van der Waals surface area contributed by atoms with Gasteiger partial charge in [0.25, 0.3) is 0 Å². The summed E-state index contributed by atoms with van der Waals surface area (Å²) in [4.78, 5) is 10.9. The van der Waals surface area contributed by atoms with E-state index in [1.165, 1.54) is 6.20 Å². The second-order valence-electron chi connectivity index (χ2n) is 3.78. The molecular formula is C12H11BrN2O3. The van der Waals surface area contributed by atoms with E-state index in [0.717, 1.165) is 15.7 Å². The molecule has 1 aromatic heterocycles. The molecule has 1 heterocycles. The van der Waals surface area contributed by atoms with Gasteiger partial charge in [0.05, 0.1) is 12.7 Å². The Balaban J connectivity index is 2.14. The molecule has 2 rings (SSSR count). The third-order valence-corrected chi connectivity index (χ3v) is 3.01. The van der Waals surface area contributed by atoms with Gasteiger partial charge in [0.1, 0.15) is 5.56 Å². The van der Waals surface area contributed by atoms with Crippen molar-refractivity contribution in [2.24, 2.45) is 0 Å². The van der Waals surface area contributed by atoms with Crippen LogP contribution in [0, 0.1) is 6.92 Å². The maximum absolute atomic E-state index is 10.9. The highest BCUT2D eigenvalue weighted by Crippen LogP contribution is 2.21. The standard InChI is InChI=1S/C12H11BrN2O3/c1-7-2-3-8(13)4-10(7)14-6-11-9(12(16)17)5-15-18-11/h2-5,14H,6H2,1H3,(H,16,17). The van der Waals surface area contributed by atoms with E-state index in [1.54, 1.807) is 0 Å². The van der Waals surface area contributed by atoms with Gasteiger partial charge in [0.15, 0.2) is 5.76 Å². The van der Waals surface area contributed by atoms with E-state index in [-0.39, 0.29) is 12.1 Å². The average Bonchev–Trinajstić information content (AvgIpc) is 2.79. The molecule has 0 bridgehead atoms. The number of nitrogens with zero attached hydrogens (tertiary/aromatic N) is 1. The molecule has 0 aliphatic rings. The molecule has 6 heteroatoms. The highest BCUT2D eigenvalue weighted by Gasteiger charge is 2.14. The Hall–Kier alpha value is -1.82. The van der Waals surface area contributed by atoms with Gasteiger partial charge in [-0.3, -0.25) is 0 Å². The van der Waals surface area contributed by atoms with Gasteiger partial charge < -0.3 is 14.9 Å². The van der Waals surface area contributed by atoms with Crippen molar-refractivity contribution >= 4 is 27.6 Å². The van der Waals surface area contributed by atoms with Crippen molar-refractivity contribution in [1.29, 1.82) is 0 Å². The first kappa shape index (κ1) is 12.6. The van der Waals surface area contributed by atoms with Crippen LogP contribution in [0.5, 0.6) is 0 Å². The van der Waals surface area contributed by atoms with Crippen LogP contribution in [0.1, 0.15) is 21.7 Å². The highest BCUT2D eigenvalue weighted by atomic mass is 79.9. The fourth-order valence-corrected chi connectivity index (χ4v) is 1.89. The average molecular weight is 311 g/mol. The highest BCUT2D eigenvalue weighted by molar-refractivity contribution is 9.10. The van der Waals surface area contributed by atoms with Crippen LogP contribution in [0.25, 0.3) is 0 Å². The second-order valence-corrected chi connectivity index (χ2v) is 4.70. The molecule has 0 saturated carbocycles. The van der Waals surface area contributed by atoms with Gasteiger partial charge in [-0.2, -0.15) is 0 Å². The van der Waals surface area contributed by atoms with Crippen molar-refractivity contribution < 1.29 is 14.4 Å². The maximum Gasteiger partial charge on any atom is 0.341 e. The number of carboxylic acids is 1. The molecule has 18 heavy (non-hydrogen) atoms. The Kier molecular flexibility index (Phi) is 3.66. The number of hydrogen-bond donors (Lipinski definition) is 2. The zero-order valence-electron chi connectivity index (χ0n) is 9.61. The number of nitrogens with one attached hydrogen (secondary N) is 1. The number of aromatic nitrogens is 1. The number of carbonyl (C=O) groups is 1. The van der Waals surface area contributed by atoms with Crippen molar-refractivity contribution in [1.82, 2.24) is 5.16 Å². The number of aryl methyl sites for hydroxylation is 1. The van der Waals surface area contributed by atoms with Crippen LogP contribution < -0.4 is 5.32 Å². The fraction of sp³-hybridized carbons (Fsp3) is 0.167. The van der Waals surface area contributed by atoms with Crippen LogP contribution in [0.2, 0.25) is 0 Å². The molecule has 0 aliphatic carbocycles. The Morgan fingerprint density at radius 3 is 3.06 bits per heavy atom. The second kappa shape index (κ2) is 5.22. The first-order valence-electron chi connectivity index (χ1n) is 5.25. The lowest BCUT2D eigenvalue weighted by Crippen LogP contribution is -2.05. The maximum atomic E-state index is 10.9. The summed E-state index contributed by atoms with van der Waals surface area (Å²) < 4.78 is 5.86. The number of rotatable bonds is 4. The summed E-state index contributed by atoms with van der Waals surface area (Å²) in [5, 5.41) is 15.5. The van der Waals surface area contributed by atoms with E-state index in [1.807, 2.05) is 25.1 Å². The Morgan fingerprint density at radius 1 is 1.56 bits per heavy atom. The number of carboxylic acid groups (broad SMARTS) is 1. The lowest BCUT2D eigenvalue weighted by molar-refractivity contribution is 0.0694. The van der Waals surface area contributed by atoms with E-state index < -0.39 is 5.97 Å². The number of anilines is 1. The molecule has 2 aromatic rings. The first-order chi connectivity index (χ1) is 8.58. The van der Waals surface area contributed by atoms with E-state index in [4.69, 9.17) is 9.63 Å². The first-order valence-corrected chi connectivity index (χ1v) is 6.04. The molecule has 0 saturated heterocycles. The molecule has 1 aromatic carbocycles. The lowest BCUT2D eigenvalue weighted by Gasteiger charge is -2.08. The Labute approximate surface area is 112 Å². The van der Waals surface area contributed by atoms with Crippen LogP contribution in [-0.2, 0) is 6.54 Å². The van der Waals surface area contributed by atoms with Gasteiger partial charge in [-0.15, -0.1) is 0 Å². The summed E-state index contributed by atoms with van der Waals surface area (Å²) in [5.74, 6) is -0.735. The number of benzene rings is 1. The molecule has 94 valence electrons. The van der Waals surface area contributed by atoms with Crippen LogP contribution in [0.15, 0.2) is 33.4 Å². The summed E-state index contributed by atoms with van der Waals surface area (Å²) in [7, 11) is 0. The minimum absolute atomic E-state index is 0.0788. The van der Waals surface area contributed by atoms with E-state index in [0.29, 0.717) is 5.76 Å². The summed E-state index contributed by atoms with van der Waals surface area (Å²) in [5.41, 5.74) is 2.06. The van der Waals surface area contributed by atoms with Gasteiger partial charge in [-0.25, -0.2) is 4.79 Å². The van der Waals surface area contributed by atoms with Gasteiger partial charge in [0, 0.05) is 10.2 Å². The van der Waals surface area contributed by atoms with E-state index >= 15 is 0 Å². The number of aromatic carboxylic acids is 1. The number of halogens is 1. The molecular weight excluding hydrogens is 300 g/mol. The van der Waals surface area contributed by atoms with Gasteiger partial charge in [0.2, 0.25) is 0 Å². The van der Waals surface area contributed by atoms with E-state index in [2.05, 4.69) is 26.4 Å². The van der Waals surface area contributed by atoms with Gasteiger partial charge >= 0.3 is 5.97 Å². The van der Waals surface area contributed by atoms with Crippen LogP contribution in [0.4, 0.5) is 5.69 Å². The quantitative estimate of drug-likeness (QED) is 0.907. The smallest absolute Gasteiger partial charge is 0.341 e. The molecule has 0 amide bonds. The molecule has 0 fully saturated rings. The predicted molar refractivity (Wildman–Crippen MR) is 69.7 cm³/mol. The van der Waals surface area contributed by atoms with Crippen LogP contribution in [0.3, 0.4) is 0 Å². The normalized spacial score (nSPS) is 10.3. The zero-order chi connectivity index (χ0) is 13.1. The minimum atomic E-state index is -1.04. The van der Waals surface area contributed by atoms with Crippen LogP contribution >= 0.6 is 15.9 Å². The third-order valence-electron chi connectivity index (χ3n) is 2.51. The molecule has 5 nitrogen and oxygen atoms in total. The van der Waals surface area contributed by atoms with Crippen LogP contribution in [-0.4, -0.2) is 16.2 Å². The third kappa shape index (κ3) is 2.70. The van der Waals surface area contributed by atoms with Crippen molar-refractivity contribution in [2.45, 2.75) is 13.5 Å². The van der Waals surface area contributed by atoms with Crippen molar-refractivity contribution in [3.05, 3.63) is 45.8 Å².